The Bertz CT molecular complexity index is 1050. The molecular formula is C22H22Cl2N4O2S. The van der Waals surface area contributed by atoms with Crippen molar-refractivity contribution in [2.45, 2.75) is 31.7 Å². The van der Waals surface area contributed by atoms with E-state index in [-0.39, 0.29) is 17.8 Å². The number of carbonyl (C=O) groups is 1. The lowest BCUT2D eigenvalue weighted by Crippen LogP contribution is -2.15. The van der Waals surface area contributed by atoms with Crippen LogP contribution in [0.1, 0.15) is 24.4 Å². The Morgan fingerprint density at radius 1 is 1.23 bits per heavy atom. The smallest absolute Gasteiger partial charge is 0.234 e. The standard InChI is InChI=1S/C22H22Cl2N4O2S/c1-4-9-28-21(15(3)30-19-7-5-14(2)6-8-19)26-27-22(28)31-13-20(29)25-18-11-16(23)10-17(24)12-18/h4-8,10-12,15H,1,9,13H2,2-3H3,(H,25,29). The number of nitrogens with zero attached hydrogens (tertiary/aromatic N) is 3. The quantitative estimate of drug-likeness (QED) is 0.305. The van der Waals surface area contributed by atoms with Gasteiger partial charge in [-0.1, -0.05) is 58.7 Å². The third-order valence-electron chi connectivity index (χ3n) is 4.23. The maximum absolute atomic E-state index is 12.4. The summed E-state index contributed by atoms with van der Waals surface area (Å²) in [4.78, 5) is 12.4. The van der Waals surface area contributed by atoms with Crippen LogP contribution in [-0.2, 0) is 11.3 Å². The molecule has 1 atom stereocenters. The first-order chi connectivity index (χ1) is 14.9. The van der Waals surface area contributed by atoms with Crippen LogP contribution in [-0.4, -0.2) is 26.4 Å². The molecule has 0 saturated heterocycles. The van der Waals surface area contributed by atoms with Crippen molar-refractivity contribution in [2.24, 2.45) is 0 Å². The molecule has 6 nitrogen and oxygen atoms in total. The van der Waals surface area contributed by atoms with E-state index in [9.17, 15) is 4.79 Å². The first-order valence-electron chi connectivity index (χ1n) is 9.51. The van der Waals surface area contributed by atoms with Gasteiger partial charge in [0, 0.05) is 22.3 Å². The maximum atomic E-state index is 12.4. The normalized spacial score (nSPS) is 11.7. The predicted molar refractivity (Wildman–Crippen MR) is 126 cm³/mol. The van der Waals surface area contributed by atoms with E-state index < -0.39 is 0 Å². The molecule has 1 amide bonds. The number of hydrogen-bond donors (Lipinski definition) is 1. The largest absolute Gasteiger partial charge is 0.483 e. The zero-order chi connectivity index (χ0) is 22.4. The molecule has 0 spiro atoms. The molecule has 0 radical (unpaired) electrons. The fraction of sp³-hybridized carbons (Fsp3) is 0.227. The van der Waals surface area contributed by atoms with Gasteiger partial charge in [0.1, 0.15) is 5.75 Å². The van der Waals surface area contributed by atoms with Crippen molar-refractivity contribution in [3.63, 3.8) is 0 Å². The third kappa shape index (κ3) is 6.50. The van der Waals surface area contributed by atoms with Gasteiger partial charge in [-0.25, -0.2) is 0 Å². The Hall–Kier alpha value is -2.48. The number of carbonyl (C=O) groups excluding carboxylic acids is 1. The Morgan fingerprint density at radius 2 is 1.90 bits per heavy atom. The average molecular weight is 477 g/mol. The van der Waals surface area contributed by atoms with Gasteiger partial charge in [-0.15, -0.1) is 16.8 Å². The van der Waals surface area contributed by atoms with Gasteiger partial charge in [0.15, 0.2) is 17.1 Å². The molecule has 31 heavy (non-hydrogen) atoms. The second-order valence-electron chi connectivity index (χ2n) is 6.81. The minimum absolute atomic E-state index is 0.145. The minimum Gasteiger partial charge on any atom is -0.483 e. The number of aryl methyl sites for hydroxylation is 1. The van der Waals surface area contributed by atoms with E-state index in [1.807, 2.05) is 42.7 Å². The van der Waals surface area contributed by atoms with Crippen LogP contribution in [0.2, 0.25) is 10.0 Å². The summed E-state index contributed by atoms with van der Waals surface area (Å²) in [5.41, 5.74) is 1.70. The number of allylic oxidation sites excluding steroid dienone is 1. The van der Waals surface area contributed by atoms with Crippen LogP contribution >= 0.6 is 35.0 Å². The Kier molecular flexibility index (Phi) is 8.01. The van der Waals surface area contributed by atoms with Crippen LogP contribution < -0.4 is 10.1 Å². The number of aromatic nitrogens is 3. The maximum Gasteiger partial charge on any atom is 0.234 e. The molecule has 0 fully saturated rings. The number of thioether (sulfide) groups is 1. The summed E-state index contributed by atoms with van der Waals surface area (Å²) in [5, 5.41) is 12.8. The van der Waals surface area contributed by atoms with Crippen LogP contribution in [0.3, 0.4) is 0 Å². The number of amides is 1. The van der Waals surface area contributed by atoms with E-state index in [0.717, 1.165) is 11.3 Å². The van der Waals surface area contributed by atoms with Crippen LogP contribution in [0.4, 0.5) is 5.69 Å². The van der Waals surface area contributed by atoms with Crippen LogP contribution in [0.5, 0.6) is 5.75 Å². The SMILES string of the molecule is C=CCn1c(SCC(=O)Nc2cc(Cl)cc(Cl)c2)nnc1C(C)Oc1ccc(C)cc1. The van der Waals surface area contributed by atoms with Gasteiger partial charge in [0.2, 0.25) is 5.91 Å². The lowest BCUT2D eigenvalue weighted by molar-refractivity contribution is -0.113. The highest BCUT2D eigenvalue weighted by Gasteiger charge is 2.20. The molecule has 0 saturated carbocycles. The van der Waals surface area contributed by atoms with Gasteiger partial charge >= 0.3 is 0 Å². The molecule has 0 aliphatic heterocycles. The molecule has 2 aromatic carbocycles. The lowest BCUT2D eigenvalue weighted by atomic mass is 10.2. The van der Waals surface area contributed by atoms with Gasteiger partial charge in [-0.05, 0) is 44.2 Å². The summed E-state index contributed by atoms with van der Waals surface area (Å²) >= 11 is 13.2. The third-order valence-corrected chi connectivity index (χ3v) is 5.64. The second-order valence-corrected chi connectivity index (χ2v) is 8.62. The van der Waals surface area contributed by atoms with E-state index in [4.69, 9.17) is 27.9 Å². The molecule has 1 aromatic heterocycles. The number of ether oxygens (including phenoxy) is 1. The summed E-state index contributed by atoms with van der Waals surface area (Å²) in [7, 11) is 0. The minimum atomic E-state index is -0.327. The van der Waals surface area contributed by atoms with E-state index in [1.54, 1.807) is 24.3 Å². The average Bonchev–Trinajstić information content (AvgIpc) is 3.10. The van der Waals surface area contributed by atoms with Crippen LogP contribution in [0, 0.1) is 6.92 Å². The Labute approximate surface area is 195 Å². The van der Waals surface area contributed by atoms with Crippen molar-refractivity contribution in [1.29, 1.82) is 0 Å². The fourth-order valence-corrected chi connectivity index (χ4v) is 4.12. The zero-order valence-corrected chi connectivity index (χ0v) is 19.5. The van der Waals surface area contributed by atoms with Gasteiger partial charge in [0.05, 0.1) is 5.75 Å². The monoisotopic (exact) mass is 476 g/mol. The van der Waals surface area contributed by atoms with Crippen molar-refractivity contribution in [3.8, 4) is 5.75 Å². The Balaban J connectivity index is 1.67. The molecule has 9 heteroatoms. The van der Waals surface area contributed by atoms with E-state index >= 15 is 0 Å². The first kappa shape index (κ1) is 23.2. The van der Waals surface area contributed by atoms with Gasteiger partial charge in [-0.3, -0.25) is 9.36 Å². The van der Waals surface area contributed by atoms with Gasteiger partial charge in [0.25, 0.3) is 0 Å². The second kappa shape index (κ2) is 10.7. The molecule has 3 rings (SSSR count). The van der Waals surface area contributed by atoms with Crippen LogP contribution in [0.15, 0.2) is 60.3 Å². The highest BCUT2D eigenvalue weighted by molar-refractivity contribution is 7.99. The number of hydrogen-bond acceptors (Lipinski definition) is 5. The highest BCUT2D eigenvalue weighted by Crippen LogP contribution is 2.26. The number of anilines is 1. The highest BCUT2D eigenvalue weighted by atomic mass is 35.5. The number of benzene rings is 2. The molecular weight excluding hydrogens is 455 g/mol. The molecule has 1 N–H and O–H groups in total. The van der Waals surface area contributed by atoms with Gasteiger partial charge in [-0.2, -0.15) is 0 Å². The molecule has 3 aromatic rings. The summed E-state index contributed by atoms with van der Waals surface area (Å²) in [5.74, 6) is 1.35. The lowest BCUT2D eigenvalue weighted by Gasteiger charge is -2.16. The van der Waals surface area contributed by atoms with Crippen LogP contribution in [0.25, 0.3) is 0 Å². The van der Waals surface area contributed by atoms with E-state index in [1.165, 1.54) is 11.8 Å². The zero-order valence-electron chi connectivity index (χ0n) is 17.1. The molecule has 1 heterocycles. The van der Waals surface area contributed by atoms with E-state index in [2.05, 4.69) is 22.1 Å². The molecule has 0 bridgehead atoms. The Morgan fingerprint density at radius 3 is 2.55 bits per heavy atom. The summed E-state index contributed by atoms with van der Waals surface area (Å²) in [6, 6.07) is 12.7. The van der Waals surface area contributed by atoms with Crippen molar-refractivity contribution in [2.75, 3.05) is 11.1 Å². The summed E-state index contributed by atoms with van der Waals surface area (Å²) < 4.78 is 7.90. The van der Waals surface area contributed by atoms with Crippen molar-refractivity contribution in [1.82, 2.24) is 14.8 Å². The summed E-state index contributed by atoms with van der Waals surface area (Å²) in [6.07, 6.45) is 1.43. The molecule has 1 unspecified atom stereocenters. The predicted octanol–water partition coefficient (Wildman–Crippen LogP) is 5.95. The van der Waals surface area contributed by atoms with Gasteiger partial charge < -0.3 is 10.1 Å². The number of halogens is 2. The van der Waals surface area contributed by atoms with Crippen molar-refractivity contribution >= 4 is 46.6 Å². The fourth-order valence-electron chi connectivity index (χ4n) is 2.84. The first-order valence-corrected chi connectivity index (χ1v) is 11.3. The molecule has 0 aliphatic rings. The van der Waals surface area contributed by atoms with Crippen molar-refractivity contribution in [3.05, 3.63) is 76.6 Å². The molecule has 0 aliphatic carbocycles. The number of nitrogens with one attached hydrogen (secondary N) is 1. The van der Waals surface area contributed by atoms with Crippen molar-refractivity contribution < 1.29 is 9.53 Å². The summed E-state index contributed by atoms with van der Waals surface area (Å²) in [6.45, 7) is 8.24. The molecule has 162 valence electrons. The van der Waals surface area contributed by atoms with E-state index in [0.29, 0.717) is 33.3 Å². The number of rotatable bonds is 9. The topological polar surface area (TPSA) is 69.0 Å².